The minimum atomic E-state index is -0.297. The molecule has 0 aliphatic rings. The van der Waals surface area contributed by atoms with Gasteiger partial charge in [-0.1, -0.05) is 22.9 Å². The number of hydrogen-bond donors (Lipinski definition) is 2. The summed E-state index contributed by atoms with van der Waals surface area (Å²) in [5.41, 5.74) is 6.85. The number of carbonyl (C=O) groups excluding carboxylic acids is 1. The third-order valence-electron chi connectivity index (χ3n) is 2.86. The number of allylic oxidation sites excluding steroid dienone is 1. The molecule has 0 aliphatic heterocycles. The van der Waals surface area contributed by atoms with Crippen molar-refractivity contribution in [2.45, 2.75) is 13.8 Å². The summed E-state index contributed by atoms with van der Waals surface area (Å²) < 4.78 is 0. The zero-order valence-electron chi connectivity index (χ0n) is 12.1. The van der Waals surface area contributed by atoms with Crippen molar-refractivity contribution in [3.05, 3.63) is 40.3 Å². The zero-order chi connectivity index (χ0) is 16.3. The molecule has 1 amide bonds. The maximum atomic E-state index is 12.4. The summed E-state index contributed by atoms with van der Waals surface area (Å²) in [6.07, 6.45) is 3.38. The van der Waals surface area contributed by atoms with E-state index in [1.165, 1.54) is 16.2 Å². The average molecular weight is 355 g/mol. The van der Waals surface area contributed by atoms with E-state index in [-0.39, 0.29) is 16.0 Å². The maximum absolute atomic E-state index is 12.4. The first-order chi connectivity index (χ1) is 10.5. The van der Waals surface area contributed by atoms with Gasteiger partial charge in [0, 0.05) is 30.2 Å². The molecule has 0 aromatic carbocycles. The minimum absolute atomic E-state index is 0.203. The van der Waals surface area contributed by atoms with E-state index in [1.54, 1.807) is 19.3 Å². The molecule has 22 heavy (non-hydrogen) atoms. The fourth-order valence-corrected chi connectivity index (χ4v) is 3.23. The molecule has 116 valence electrons. The Hall–Kier alpha value is -1.57. The molecule has 0 radical (unpaired) electrons. The number of amides is 1. The van der Waals surface area contributed by atoms with E-state index < -0.39 is 0 Å². The van der Waals surface area contributed by atoms with Gasteiger partial charge in [0.2, 0.25) is 0 Å². The number of nitrogens with zero attached hydrogens (tertiary/aromatic N) is 3. The summed E-state index contributed by atoms with van der Waals surface area (Å²) in [7, 11) is 0. The molecule has 0 spiro atoms. The highest BCUT2D eigenvalue weighted by Gasteiger charge is 2.23. The van der Waals surface area contributed by atoms with Gasteiger partial charge in [-0.2, -0.15) is 0 Å². The van der Waals surface area contributed by atoms with E-state index in [9.17, 15) is 4.79 Å². The third-order valence-corrected chi connectivity index (χ3v) is 4.91. The molecule has 0 atom stereocenters. The van der Waals surface area contributed by atoms with Gasteiger partial charge in [-0.3, -0.25) is 14.7 Å². The minimum Gasteiger partial charge on any atom is -0.401 e. The van der Waals surface area contributed by atoms with Gasteiger partial charge in [-0.05, 0) is 26.0 Å². The summed E-state index contributed by atoms with van der Waals surface area (Å²) in [6, 6.07) is 3.71. The summed E-state index contributed by atoms with van der Waals surface area (Å²) in [5, 5.41) is 1.55. The summed E-state index contributed by atoms with van der Waals surface area (Å²) >= 11 is 11.7. The highest BCUT2D eigenvalue weighted by atomic mass is 35.5. The summed E-state index contributed by atoms with van der Waals surface area (Å²) in [5.74, 6) is -0.297. The lowest BCUT2D eigenvalue weighted by molar-refractivity contribution is -0.114. The lowest BCUT2D eigenvalue weighted by atomic mass is 10.3. The van der Waals surface area contributed by atoms with E-state index in [0.717, 1.165) is 5.56 Å². The van der Waals surface area contributed by atoms with Crippen LogP contribution in [0.1, 0.15) is 13.8 Å². The first-order valence-corrected chi connectivity index (χ1v) is 8.13. The fraction of sp³-hybridized carbons (Fsp3) is 0.214. The Morgan fingerprint density at radius 3 is 2.82 bits per heavy atom. The number of pyridine rings is 1. The molecule has 2 N–H and O–H groups in total. The number of likely N-dealkylation sites (N-methyl/N-ethyl adjacent to an activating group) is 1. The average Bonchev–Trinajstić information content (AvgIpc) is 2.90. The van der Waals surface area contributed by atoms with Gasteiger partial charge >= 0.3 is 0 Å². The number of carbonyl (C=O) groups is 1. The number of thiazole rings is 1. The number of nitrogens with two attached hydrogens (primary N) is 1. The molecule has 0 fully saturated rings. The Morgan fingerprint density at radius 2 is 2.27 bits per heavy atom. The standard InChI is InChI=1S/C14H15ClN4OS2/c1-3-19(13(20)10(21)8(2)16)14-11(15)18-12(22-14)9-5-4-6-17-7-9/h4-7,21H,3,16H2,1-2H3/b10-8-. The second-order valence-electron chi connectivity index (χ2n) is 4.44. The Bertz CT molecular complexity index is 711. The van der Waals surface area contributed by atoms with Gasteiger partial charge < -0.3 is 5.73 Å². The second kappa shape index (κ2) is 7.13. The Balaban J connectivity index is 2.41. The van der Waals surface area contributed by atoms with Crippen molar-refractivity contribution >= 4 is 46.5 Å². The molecule has 0 saturated carbocycles. The third kappa shape index (κ3) is 3.43. The van der Waals surface area contributed by atoms with Gasteiger partial charge in [-0.15, -0.1) is 12.6 Å². The number of aromatic nitrogens is 2. The van der Waals surface area contributed by atoms with Crippen LogP contribution in [0.2, 0.25) is 5.15 Å². The quantitative estimate of drug-likeness (QED) is 0.652. The zero-order valence-corrected chi connectivity index (χ0v) is 14.5. The largest absolute Gasteiger partial charge is 0.401 e. The Kier molecular flexibility index (Phi) is 5.44. The molecule has 0 aliphatic carbocycles. The van der Waals surface area contributed by atoms with E-state index in [2.05, 4.69) is 22.6 Å². The van der Waals surface area contributed by atoms with Crippen molar-refractivity contribution in [1.29, 1.82) is 0 Å². The van der Waals surface area contributed by atoms with E-state index in [1.807, 2.05) is 19.1 Å². The van der Waals surface area contributed by atoms with Gasteiger partial charge in [0.15, 0.2) is 5.15 Å². The lowest BCUT2D eigenvalue weighted by Crippen LogP contribution is -2.31. The van der Waals surface area contributed by atoms with E-state index in [0.29, 0.717) is 22.3 Å². The van der Waals surface area contributed by atoms with Crippen LogP contribution in [-0.2, 0) is 4.79 Å². The van der Waals surface area contributed by atoms with Crippen LogP contribution in [0.5, 0.6) is 0 Å². The first kappa shape index (κ1) is 16.8. The van der Waals surface area contributed by atoms with Crippen molar-refractivity contribution in [2.75, 3.05) is 11.4 Å². The first-order valence-electron chi connectivity index (χ1n) is 6.49. The predicted octanol–water partition coefficient (Wildman–Crippen LogP) is 3.33. The van der Waals surface area contributed by atoms with Crippen molar-refractivity contribution in [3.63, 3.8) is 0 Å². The Labute approximate surface area is 143 Å². The van der Waals surface area contributed by atoms with Crippen LogP contribution in [0.25, 0.3) is 10.6 Å². The smallest absolute Gasteiger partial charge is 0.266 e. The summed E-state index contributed by atoms with van der Waals surface area (Å²) in [4.78, 5) is 22.5. The molecule has 8 heteroatoms. The van der Waals surface area contributed by atoms with Gasteiger partial charge in [-0.25, -0.2) is 4.98 Å². The molecule has 5 nitrogen and oxygen atoms in total. The molecule has 2 aromatic rings. The Morgan fingerprint density at radius 1 is 1.55 bits per heavy atom. The van der Waals surface area contributed by atoms with Gasteiger partial charge in [0.25, 0.3) is 5.91 Å². The number of hydrogen-bond acceptors (Lipinski definition) is 6. The SMILES string of the molecule is CCN(C(=O)/C(S)=C(\C)N)c1sc(-c2cccnc2)nc1Cl. The molecule has 2 rings (SSSR count). The van der Waals surface area contributed by atoms with Crippen LogP contribution in [0.4, 0.5) is 5.00 Å². The summed E-state index contributed by atoms with van der Waals surface area (Å²) in [6.45, 7) is 3.92. The van der Waals surface area contributed by atoms with Crippen LogP contribution in [-0.4, -0.2) is 22.4 Å². The van der Waals surface area contributed by atoms with Gasteiger partial charge in [0.05, 0.1) is 4.91 Å². The monoisotopic (exact) mass is 354 g/mol. The maximum Gasteiger partial charge on any atom is 0.266 e. The molecular formula is C14H15ClN4OS2. The topological polar surface area (TPSA) is 72.1 Å². The molecule has 0 bridgehead atoms. The molecular weight excluding hydrogens is 340 g/mol. The number of halogens is 1. The number of thiol groups is 1. The second-order valence-corrected chi connectivity index (χ2v) is 6.22. The van der Waals surface area contributed by atoms with Crippen molar-refractivity contribution in [1.82, 2.24) is 9.97 Å². The predicted molar refractivity (Wildman–Crippen MR) is 94.3 cm³/mol. The van der Waals surface area contributed by atoms with Crippen LogP contribution < -0.4 is 10.6 Å². The molecule has 0 unspecified atom stereocenters. The van der Waals surface area contributed by atoms with Crippen molar-refractivity contribution in [2.24, 2.45) is 5.73 Å². The van der Waals surface area contributed by atoms with Gasteiger partial charge in [0.1, 0.15) is 10.0 Å². The van der Waals surface area contributed by atoms with Crippen LogP contribution in [0, 0.1) is 0 Å². The normalized spacial score (nSPS) is 12.0. The molecule has 2 heterocycles. The van der Waals surface area contributed by atoms with Crippen LogP contribution in [0.15, 0.2) is 35.1 Å². The van der Waals surface area contributed by atoms with Crippen molar-refractivity contribution < 1.29 is 4.79 Å². The fourth-order valence-electron chi connectivity index (χ4n) is 1.75. The van der Waals surface area contributed by atoms with Crippen LogP contribution >= 0.6 is 35.6 Å². The van der Waals surface area contributed by atoms with Crippen LogP contribution in [0.3, 0.4) is 0 Å². The number of rotatable bonds is 4. The highest BCUT2D eigenvalue weighted by molar-refractivity contribution is 7.85. The van der Waals surface area contributed by atoms with E-state index >= 15 is 0 Å². The molecule has 0 saturated heterocycles. The number of anilines is 1. The lowest BCUT2D eigenvalue weighted by Gasteiger charge is -2.19. The molecule has 2 aromatic heterocycles. The highest BCUT2D eigenvalue weighted by Crippen LogP contribution is 2.38. The van der Waals surface area contributed by atoms with E-state index in [4.69, 9.17) is 17.3 Å². The van der Waals surface area contributed by atoms with Crippen molar-refractivity contribution in [3.8, 4) is 10.6 Å².